The summed E-state index contributed by atoms with van der Waals surface area (Å²) in [6, 6.07) is 29.9. The van der Waals surface area contributed by atoms with E-state index in [1.807, 2.05) is 36.4 Å². The summed E-state index contributed by atoms with van der Waals surface area (Å²) in [5.41, 5.74) is 4.48. The van der Waals surface area contributed by atoms with Crippen LogP contribution in [0.5, 0.6) is 0 Å². The van der Waals surface area contributed by atoms with Gasteiger partial charge in [-0.3, -0.25) is 0 Å². The Morgan fingerprint density at radius 2 is 1.09 bits per heavy atom. The van der Waals surface area contributed by atoms with Crippen molar-refractivity contribution in [2.24, 2.45) is 0 Å². The summed E-state index contributed by atoms with van der Waals surface area (Å²) in [6.07, 6.45) is 0. The van der Waals surface area contributed by atoms with Crippen LogP contribution in [0.1, 0.15) is 16.7 Å². The molecule has 0 spiro atoms. The van der Waals surface area contributed by atoms with Gasteiger partial charge in [0, 0.05) is 0 Å². The largest absolute Gasteiger partial charge is 2.00 e. The van der Waals surface area contributed by atoms with E-state index in [2.05, 4.69) is 55.5 Å². The molecule has 0 atom stereocenters. The second-order valence-electron chi connectivity index (χ2n) is 5.03. The normalized spacial score (nSPS) is 9.68. The monoisotopic (exact) mass is 445 g/mol. The van der Waals surface area contributed by atoms with E-state index in [1.54, 1.807) is 0 Å². The van der Waals surface area contributed by atoms with Crippen LogP contribution in [-0.2, 0) is 0 Å². The molecule has 3 aromatic carbocycles. The third kappa shape index (κ3) is 4.42. The van der Waals surface area contributed by atoms with Gasteiger partial charge in [0.1, 0.15) is 0 Å². The summed E-state index contributed by atoms with van der Waals surface area (Å²) in [4.78, 5) is 0. The van der Waals surface area contributed by atoms with Gasteiger partial charge in [0.25, 0.3) is 0 Å². The predicted molar refractivity (Wildman–Crippen MR) is 88.5 cm³/mol. The van der Waals surface area contributed by atoms with E-state index in [4.69, 9.17) is 5.32 Å². The van der Waals surface area contributed by atoms with Crippen LogP contribution in [0.4, 0.5) is 5.69 Å². The molecule has 0 saturated carbocycles. The average Bonchev–Trinajstić information content (AvgIpc) is 2.56. The maximum absolute atomic E-state index is 4.86. The quantitative estimate of drug-likeness (QED) is 0.464. The molecule has 0 bridgehead atoms. The van der Waals surface area contributed by atoms with Crippen LogP contribution in [0, 0.1) is 59.9 Å². The number of hydrogen-bond acceptors (Lipinski definition) is 0. The summed E-state index contributed by atoms with van der Waals surface area (Å²) in [6.45, 7) is 2.09. The van der Waals surface area contributed by atoms with Crippen LogP contribution in [0.15, 0.2) is 84.9 Å². The number of hydrogen-bond donors (Lipinski definition) is 0. The fourth-order valence-corrected chi connectivity index (χ4v) is 2.24. The first-order valence-electron chi connectivity index (χ1n) is 7.09. The Morgan fingerprint density at radius 3 is 1.55 bits per heavy atom. The second kappa shape index (κ2) is 8.47. The summed E-state index contributed by atoms with van der Waals surface area (Å²) < 4.78 is 0. The zero-order chi connectivity index (χ0) is 14.5. The molecule has 0 N–H and O–H groups in total. The minimum atomic E-state index is 0. The van der Waals surface area contributed by atoms with E-state index in [0.29, 0.717) is 0 Å². The van der Waals surface area contributed by atoms with E-state index in [0.717, 1.165) is 22.9 Å². The molecule has 0 radical (unpaired) electrons. The molecule has 0 unspecified atom stereocenters. The molecule has 0 heterocycles. The SMILES string of the molecule is Cc1ccc([N-][C-](c2ccccc2)c2ccccc2)cc1.[Yb+2]. The molecule has 0 aromatic heterocycles. The number of nitrogens with zero attached hydrogens (tertiary/aromatic N) is 1. The van der Waals surface area contributed by atoms with Gasteiger partial charge in [-0.25, -0.2) is 6.04 Å². The molecule has 0 amide bonds. The van der Waals surface area contributed by atoms with Crippen molar-refractivity contribution in [2.75, 3.05) is 0 Å². The molecule has 0 aliphatic heterocycles. The van der Waals surface area contributed by atoms with Crippen molar-refractivity contribution in [3.8, 4) is 0 Å². The third-order valence-corrected chi connectivity index (χ3v) is 3.37. The Kier molecular flexibility index (Phi) is 6.63. The van der Waals surface area contributed by atoms with Crippen LogP contribution < -0.4 is 0 Å². The first kappa shape index (κ1) is 17.2. The molecule has 1 nitrogen and oxygen atoms in total. The van der Waals surface area contributed by atoms with Gasteiger partial charge in [-0.1, -0.05) is 66.2 Å². The second-order valence-corrected chi connectivity index (χ2v) is 5.03. The standard InChI is InChI=1S/C20H17N.Yb/c1-16-12-14-19(15-13-16)21-20(17-8-4-2-5-9-17)18-10-6-3-7-11-18;/h2-15H,1H3;/q-2;+2. The van der Waals surface area contributed by atoms with Crippen molar-refractivity contribution < 1.29 is 46.9 Å². The van der Waals surface area contributed by atoms with E-state index >= 15 is 0 Å². The zero-order valence-corrected chi connectivity index (χ0v) is 14.0. The van der Waals surface area contributed by atoms with E-state index < -0.39 is 0 Å². The van der Waals surface area contributed by atoms with Crippen molar-refractivity contribution in [3.05, 3.63) is 113 Å². The molecular formula is C20H17NYb. The van der Waals surface area contributed by atoms with Crippen molar-refractivity contribution in [2.45, 2.75) is 6.92 Å². The van der Waals surface area contributed by atoms with Gasteiger partial charge in [-0.15, -0.1) is 41.1 Å². The molecular weight excluding hydrogens is 427 g/mol. The van der Waals surface area contributed by atoms with Gasteiger partial charge >= 0.3 is 46.9 Å². The molecule has 0 saturated heterocycles. The summed E-state index contributed by atoms with van der Waals surface area (Å²) >= 11 is 0. The van der Waals surface area contributed by atoms with Crippen LogP contribution in [-0.4, -0.2) is 0 Å². The Morgan fingerprint density at radius 1 is 0.636 bits per heavy atom. The number of benzene rings is 3. The fourth-order valence-electron chi connectivity index (χ4n) is 2.24. The van der Waals surface area contributed by atoms with Crippen molar-refractivity contribution >= 4 is 5.69 Å². The average molecular weight is 444 g/mol. The maximum atomic E-state index is 4.86. The maximum Gasteiger partial charge on any atom is 2.00 e. The van der Waals surface area contributed by atoms with Gasteiger partial charge in [-0.05, 0) is 6.92 Å². The first-order chi connectivity index (χ1) is 10.3. The zero-order valence-electron chi connectivity index (χ0n) is 12.3. The summed E-state index contributed by atoms with van der Waals surface area (Å²) in [7, 11) is 0. The van der Waals surface area contributed by atoms with Crippen molar-refractivity contribution in [1.29, 1.82) is 0 Å². The van der Waals surface area contributed by atoms with E-state index in [-0.39, 0.29) is 46.9 Å². The molecule has 2 heteroatoms. The van der Waals surface area contributed by atoms with Gasteiger partial charge in [0.15, 0.2) is 0 Å². The number of aryl methyl sites for hydroxylation is 1. The Bertz CT molecular complexity index is 638. The van der Waals surface area contributed by atoms with Crippen LogP contribution in [0.2, 0.25) is 0 Å². The summed E-state index contributed by atoms with van der Waals surface area (Å²) in [5, 5.41) is 4.86. The minimum absolute atomic E-state index is 0. The molecule has 0 fully saturated rings. The Balaban J connectivity index is 0.00000176. The predicted octanol–water partition coefficient (Wildman–Crippen LogP) is 5.63. The van der Waals surface area contributed by atoms with E-state index in [9.17, 15) is 0 Å². The van der Waals surface area contributed by atoms with Crippen molar-refractivity contribution in [1.82, 2.24) is 0 Å². The molecule has 3 aromatic rings. The van der Waals surface area contributed by atoms with Crippen LogP contribution >= 0.6 is 0 Å². The topological polar surface area (TPSA) is 14.1 Å². The van der Waals surface area contributed by atoms with Crippen LogP contribution in [0.25, 0.3) is 5.32 Å². The molecule has 22 heavy (non-hydrogen) atoms. The first-order valence-corrected chi connectivity index (χ1v) is 7.09. The molecule has 0 aliphatic rings. The van der Waals surface area contributed by atoms with Gasteiger partial charge in [0.2, 0.25) is 0 Å². The smallest absolute Gasteiger partial charge is 0.693 e. The molecule has 116 valence electrons. The van der Waals surface area contributed by atoms with Crippen LogP contribution in [0.3, 0.4) is 0 Å². The van der Waals surface area contributed by atoms with Gasteiger partial charge in [-0.2, -0.15) is 0 Å². The third-order valence-electron chi connectivity index (χ3n) is 3.37. The van der Waals surface area contributed by atoms with Crippen molar-refractivity contribution in [3.63, 3.8) is 0 Å². The Labute approximate surface area is 171 Å². The Hall–Kier alpha value is -1.15. The molecule has 0 aliphatic carbocycles. The minimum Gasteiger partial charge on any atom is -0.693 e. The van der Waals surface area contributed by atoms with Gasteiger partial charge < -0.3 is 5.32 Å². The molecule has 3 rings (SSSR count). The van der Waals surface area contributed by atoms with Gasteiger partial charge in [0.05, 0.1) is 0 Å². The summed E-state index contributed by atoms with van der Waals surface area (Å²) in [5.74, 6) is 0. The number of rotatable bonds is 4. The fraction of sp³-hybridized carbons (Fsp3) is 0.0500. The van der Waals surface area contributed by atoms with E-state index in [1.165, 1.54) is 5.56 Å².